The lowest BCUT2D eigenvalue weighted by molar-refractivity contribution is -0.118. The number of aliphatic hydroxyl groups excluding tert-OH is 1. The second-order valence-corrected chi connectivity index (χ2v) is 7.28. The van der Waals surface area contributed by atoms with E-state index in [1.165, 1.54) is 18.6 Å². The molecule has 132 valence electrons. The molecule has 0 bridgehead atoms. The Hall–Kier alpha value is -2.14. The van der Waals surface area contributed by atoms with Gasteiger partial charge in [0.15, 0.2) is 0 Å². The Morgan fingerprint density at radius 2 is 1.79 bits per heavy atom. The first-order valence-corrected chi connectivity index (χ1v) is 8.14. The Morgan fingerprint density at radius 3 is 2.25 bits per heavy atom. The summed E-state index contributed by atoms with van der Waals surface area (Å²) in [7, 11) is 0. The highest BCUT2D eigenvalue weighted by atomic mass is 16.3. The van der Waals surface area contributed by atoms with E-state index in [2.05, 4.69) is 50.0 Å². The fourth-order valence-electron chi connectivity index (χ4n) is 2.15. The van der Waals surface area contributed by atoms with Gasteiger partial charge in [0.05, 0.1) is 11.8 Å². The van der Waals surface area contributed by atoms with Crippen molar-refractivity contribution in [1.29, 1.82) is 0 Å². The van der Waals surface area contributed by atoms with E-state index in [4.69, 9.17) is 11.5 Å². The van der Waals surface area contributed by atoms with Crippen molar-refractivity contribution in [2.24, 2.45) is 22.4 Å². The van der Waals surface area contributed by atoms with Gasteiger partial charge < -0.3 is 16.6 Å². The van der Waals surface area contributed by atoms with Crippen LogP contribution in [0.1, 0.15) is 45.7 Å². The molecule has 1 aromatic carbocycles. The summed E-state index contributed by atoms with van der Waals surface area (Å²) in [5.41, 5.74) is 13.6. The van der Waals surface area contributed by atoms with Gasteiger partial charge in [0.25, 0.3) is 5.91 Å². The number of rotatable bonds is 5. The van der Waals surface area contributed by atoms with E-state index in [9.17, 15) is 9.90 Å². The lowest BCUT2D eigenvalue weighted by Gasteiger charge is -2.19. The first-order valence-electron chi connectivity index (χ1n) is 8.14. The maximum atomic E-state index is 11.4. The third-order valence-corrected chi connectivity index (χ3v) is 3.79. The van der Waals surface area contributed by atoms with Crippen LogP contribution in [0.25, 0.3) is 0 Å². The Labute approximate surface area is 144 Å². The third kappa shape index (κ3) is 6.16. The number of nitrogens with two attached hydrogens (primary N) is 2. The Bertz CT molecular complexity index is 623. The minimum Gasteiger partial charge on any atom is -0.512 e. The van der Waals surface area contributed by atoms with Crippen LogP contribution in [0.2, 0.25) is 0 Å². The van der Waals surface area contributed by atoms with E-state index in [0.717, 1.165) is 5.56 Å². The lowest BCUT2D eigenvalue weighted by Crippen LogP contribution is -2.27. The SMILES string of the molecule is CC(Cc1ccc(C(C)(C)C)cc1)/C(O)=C/C(N)=NC(=O)[C@H](C)N. The second kappa shape index (κ2) is 8.11. The summed E-state index contributed by atoms with van der Waals surface area (Å²) >= 11 is 0. The average Bonchev–Trinajstić information content (AvgIpc) is 2.46. The molecular weight excluding hydrogens is 302 g/mol. The number of carbonyl (C=O) groups is 1. The molecule has 5 N–H and O–H groups in total. The highest BCUT2D eigenvalue weighted by molar-refractivity contribution is 6.01. The molecule has 1 aromatic rings. The standard InChI is InChI=1S/C19H29N3O2/c1-12(16(23)11-17(21)22-18(24)13(2)20)10-14-6-8-15(9-7-14)19(3,4)5/h6-9,11-13,23H,10,20H2,1-5H3,(H2,21,22,24)/b16-11-/t12?,13-/m0/s1. The number of benzene rings is 1. The van der Waals surface area contributed by atoms with Crippen LogP contribution in [-0.2, 0) is 16.6 Å². The van der Waals surface area contributed by atoms with Gasteiger partial charge in [0, 0.05) is 12.0 Å². The fourth-order valence-corrected chi connectivity index (χ4v) is 2.15. The highest BCUT2D eigenvalue weighted by Gasteiger charge is 2.14. The van der Waals surface area contributed by atoms with E-state index in [-0.39, 0.29) is 22.9 Å². The van der Waals surface area contributed by atoms with E-state index in [0.29, 0.717) is 6.42 Å². The van der Waals surface area contributed by atoms with Gasteiger partial charge in [-0.05, 0) is 29.9 Å². The van der Waals surface area contributed by atoms with Gasteiger partial charge in [0.2, 0.25) is 0 Å². The van der Waals surface area contributed by atoms with Crippen LogP contribution in [-0.4, -0.2) is 22.9 Å². The van der Waals surface area contributed by atoms with Gasteiger partial charge in [-0.2, -0.15) is 4.99 Å². The average molecular weight is 331 g/mol. The number of allylic oxidation sites excluding steroid dienone is 1. The summed E-state index contributed by atoms with van der Waals surface area (Å²) in [6.07, 6.45) is 1.98. The number of aliphatic imine (C=N–C) groups is 1. The Morgan fingerprint density at radius 1 is 1.25 bits per heavy atom. The molecule has 1 amide bonds. The van der Waals surface area contributed by atoms with Gasteiger partial charge in [-0.25, -0.2) is 0 Å². The number of amides is 1. The van der Waals surface area contributed by atoms with Crippen molar-refractivity contribution in [3.05, 3.63) is 47.2 Å². The number of carbonyl (C=O) groups excluding carboxylic acids is 1. The zero-order valence-corrected chi connectivity index (χ0v) is 15.2. The third-order valence-electron chi connectivity index (χ3n) is 3.79. The molecule has 5 heteroatoms. The van der Waals surface area contributed by atoms with E-state index >= 15 is 0 Å². The molecule has 0 radical (unpaired) electrons. The van der Waals surface area contributed by atoms with Gasteiger partial charge >= 0.3 is 0 Å². The number of aliphatic hydroxyl groups is 1. The number of amidine groups is 1. The normalized spacial score (nSPS) is 15.9. The minimum atomic E-state index is -0.710. The first-order chi connectivity index (χ1) is 11.0. The Balaban J connectivity index is 2.78. The molecule has 0 fully saturated rings. The van der Waals surface area contributed by atoms with Crippen molar-refractivity contribution in [2.45, 2.75) is 52.5 Å². The van der Waals surface area contributed by atoms with Crippen molar-refractivity contribution in [3.63, 3.8) is 0 Å². The zero-order chi connectivity index (χ0) is 18.5. The molecule has 2 atom stereocenters. The van der Waals surface area contributed by atoms with Gasteiger partial charge in [-0.1, -0.05) is 52.0 Å². The summed E-state index contributed by atoms with van der Waals surface area (Å²) in [6.45, 7) is 9.94. The van der Waals surface area contributed by atoms with Crippen LogP contribution >= 0.6 is 0 Å². The summed E-state index contributed by atoms with van der Waals surface area (Å²) in [6, 6.07) is 7.65. The predicted octanol–water partition coefficient (Wildman–Crippen LogP) is 2.84. The molecule has 0 heterocycles. The van der Waals surface area contributed by atoms with Crippen LogP contribution < -0.4 is 11.5 Å². The van der Waals surface area contributed by atoms with Crippen molar-refractivity contribution < 1.29 is 9.90 Å². The van der Waals surface area contributed by atoms with Crippen LogP contribution in [0, 0.1) is 5.92 Å². The van der Waals surface area contributed by atoms with E-state index < -0.39 is 11.9 Å². The molecule has 0 spiro atoms. The molecule has 0 aromatic heterocycles. The lowest BCUT2D eigenvalue weighted by atomic mass is 9.86. The van der Waals surface area contributed by atoms with Crippen LogP contribution in [0.5, 0.6) is 0 Å². The summed E-state index contributed by atoms with van der Waals surface area (Å²) in [5.74, 6) is -0.593. The summed E-state index contributed by atoms with van der Waals surface area (Å²) in [5, 5.41) is 10.1. The maximum Gasteiger partial charge on any atom is 0.264 e. The predicted molar refractivity (Wildman–Crippen MR) is 99.0 cm³/mol. The summed E-state index contributed by atoms with van der Waals surface area (Å²) < 4.78 is 0. The number of hydrogen-bond acceptors (Lipinski definition) is 3. The number of hydrogen-bond donors (Lipinski definition) is 3. The maximum absolute atomic E-state index is 11.4. The van der Waals surface area contributed by atoms with E-state index in [1.54, 1.807) is 0 Å². The molecule has 24 heavy (non-hydrogen) atoms. The van der Waals surface area contributed by atoms with Gasteiger partial charge in [0.1, 0.15) is 5.84 Å². The van der Waals surface area contributed by atoms with Gasteiger partial charge in [-0.15, -0.1) is 0 Å². The summed E-state index contributed by atoms with van der Waals surface area (Å²) in [4.78, 5) is 15.0. The fraction of sp³-hybridized carbons (Fsp3) is 0.474. The molecule has 5 nitrogen and oxygen atoms in total. The second-order valence-electron chi connectivity index (χ2n) is 7.28. The molecule has 0 saturated carbocycles. The van der Waals surface area contributed by atoms with Crippen molar-refractivity contribution in [3.8, 4) is 0 Å². The minimum absolute atomic E-state index is 0.0373. The van der Waals surface area contributed by atoms with Crippen molar-refractivity contribution in [2.75, 3.05) is 0 Å². The molecule has 1 rings (SSSR count). The monoisotopic (exact) mass is 331 g/mol. The van der Waals surface area contributed by atoms with Gasteiger partial charge in [-0.3, -0.25) is 4.79 Å². The highest BCUT2D eigenvalue weighted by Crippen LogP contribution is 2.23. The van der Waals surface area contributed by atoms with Crippen molar-refractivity contribution in [1.82, 2.24) is 0 Å². The topological polar surface area (TPSA) is 102 Å². The quantitative estimate of drug-likeness (QED) is 0.438. The largest absolute Gasteiger partial charge is 0.512 e. The van der Waals surface area contributed by atoms with Crippen molar-refractivity contribution >= 4 is 11.7 Å². The molecular formula is C19H29N3O2. The van der Waals surface area contributed by atoms with Crippen LogP contribution in [0.15, 0.2) is 41.1 Å². The van der Waals surface area contributed by atoms with Crippen LogP contribution in [0.4, 0.5) is 0 Å². The van der Waals surface area contributed by atoms with E-state index in [1.807, 2.05) is 6.92 Å². The number of nitrogens with zero attached hydrogens (tertiary/aromatic N) is 1. The Kier molecular flexibility index (Phi) is 6.72. The molecule has 0 aliphatic carbocycles. The molecule has 0 saturated heterocycles. The zero-order valence-electron chi connectivity index (χ0n) is 15.2. The molecule has 0 aliphatic rings. The smallest absolute Gasteiger partial charge is 0.264 e. The molecule has 1 unspecified atom stereocenters. The molecule has 0 aliphatic heterocycles. The first kappa shape index (κ1) is 19.9. The van der Waals surface area contributed by atoms with Crippen LogP contribution in [0.3, 0.4) is 0 Å².